The summed E-state index contributed by atoms with van der Waals surface area (Å²) in [7, 11) is 0. The number of esters is 1. The average Bonchev–Trinajstić information content (AvgIpc) is 2.82. The van der Waals surface area contributed by atoms with Gasteiger partial charge in [0.2, 0.25) is 5.91 Å². The average molecular weight is 392 g/mol. The number of thiophene rings is 1. The van der Waals surface area contributed by atoms with Crippen LogP contribution in [0.1, 0.15) is 72.7 Å². The molecular weight excluding hydrogens is 366 g/mol. The summed E-state index contributed by atoms with van der Waals surface area (Å²) in [6, 6.07) is 0. The molecule has 1 N–H and O–H groups in total. The molecule has 1 fully saturated rings. The van der Waals surface area contributed by atoms with Gasteiger partial charge in [-0.05, 0) is 51.0 Å². The van der Waals surface area contributed by atoms with Crippen LogP contribution in [0.15, 0.2) is 0 Å². The van der Waals surface area contributed by atoms with Gasteiger partial charge in [-0.2, -0.15) is 0 Å². The van der Waals surface area contributed by atoms with Crippen LogP contribution < -0.4 is 10.4 Å². The molecule has 1 aromatic heterocycles. The maximum Gasteiger partial charge on any atom is 0.341 e. The maximum atomic E-state index is 12.8. The third kappa shape index (κ3) is 4.34. The second kappa shape index (κ2) is 8.87. The monoisotopic (exact) mass is 392 g/mol. The molecule has 1 saturated carbocycles. The summed E-state index contributed by atoms with van der Waals surface area (Å²) >= 11 is 1.44. The molecule has 1 amide bonds. The minimum Gasteiger partial charge on any atom is -0.550 e. The molecule has 148 valence electrons. The summed E-state index contributed by atoms with van der Waals surface area (Å²) in [6.45, 7) is 2.03. The maximum absolute atomic E-state index is 12.8. The molecule has 27 heavy (non-hydrogen) atoms. The Labute approximate surface area is 163 Å². The van der Waals surface area contributed by atoms with Gasteiger partial charge < -0.3 is 20.0 Å². The van der Waals surface area contributed by atoms with Gasteiger partial charge in [-0.25, -0.2) is 4.79 Å². The van der Waals surface area contributed by atoms with Gasteiger partial charge >= 0.3 is 5.97 Å². The number of aliphatic carboxylic acids is 1. The molecule has 0 aliphatic heterocycles. The molecule has 2 aliphatic carbocycles. The molecule has 2 aliphatic rings. The van der Waals surface area contributed by atoms with Crippen LogP contribution >= 0.6 is 11.3 Å². The zero-order valence-corrected chi connectivity index (χ0v) is 16.5. The van der Waals surface area contributed by atoms with Crippen molar-refractivity contribution in [2.24, 2.45) is 11.8 Å². The van der Waals surface area contributed by atoms with E-state index < -0.39 is 23.8 Å². The summed E-state index contributed by atoms with van der Waals surface area (Å²) in [5.74, 6) is -3.27. The van der Waals surface area contributed by atoms with E-state index in [-0.39, 0.29) is 12.5 Å². The Balaban J connectivity index is 1.88. The Hall–Kier alpha value is -1.89. The SMILES string of the molecule is CCOC(=O)c1c(NC(=O)[C@@H]2CCCC[C@@H]2C(=O)[O-])sc2c1CCCCC2. The molecule has 0 bridgehead atoms. The van der Waals surface area contributed by atoms with Gasteiger partial charge in [0.05, 0.1) is 12.2 Å². The van der Waals surface area contributed by atoms with E-state index in [4.69, 9.17) is 4.74 Å². The molecule has 2 atom stereocenters. The summed E-state index contributed by atoms with van der Waals surface area (Å²) in [5.41, 5.74) is 1.46. The number of carboxylic acid groups (broad SMARTS) is 1. The fourth-order valence-corrected chi connectivity index (χ4v) is 5.46. The number of carbonyl (C=O) groups excluding carboxylic acids is 3. The lowest BCUT2D eigenvalue weighted by molar-refractivity contribution is -0.313. The van der Waals surface area contributed by atoms with E-state index in [1.807, 2.05) is 0 Å². The molecule has 6 nitrogen and oxygen atoms in total. The first-order chi connectivity index (χ1) is 13.0. The highest BCUT2D eigenvalue weighted by molar-refractivity contribution is 7.17. The third-order valence-electron chi connectivity index (χ3n) is 5.54. The van der Waals surface area contributed by atoms with Crippen LogP contribution in [0.5, 0.6) is 0 Å². The number of amides is 1. The number of nitrogens with one attached hydrogen (secondary N) is 1. The van der Waals surface area contributed by atoms with E-state index in [0.29, 0.717) is 23.4 Å². The van der Waals surface area contributed by atoms with Crippen LogP contribution in [0.25, 0.3) is 0 Å². The summed E-state index contributed by atoms with van der Waals surface area (Å²) in [4.78, 5) is 38.0. The van der Waals surface area contributed by atoms with Gasteiger partial charge in [-0.1, -0.05) is 19.3 Å². The lowest BCUT2D eigenvalue weighted by Gasteiger charge is -2.31. The zero-order valence-electron chi connectivity index (χ0n) is 15.7. The van der Waals surface area contributed by atoms with Gasteiger partial charge in [-0.3, -0.25) is 4.79 Å². The first kappa shape index (κ1) is 19.9. The van der Waals surface area contributed by atoms with E-state index in [2.05, 4.69) is 5.32 Å². The number of fused-ring (bicyclic) bond motifs is 1. The number of ether oxygens (including phenoxy) is 1. The Bertz CT molecular complexity index is 726. The van der Waals surface area contributed by atoms with E-state index in [0.717, 1.165) is 55.4 Å². The van der Waals surface area contributed by atoms with Crippen LogP contribution in [0.4, 0.5) is 5.00 Å². The van der Waals surface area contributed by atoms with Crippen LogP contribution in [-0.2, 0) is 27.2 Å². The Kier molecular flexibility index (Phi) is 6.52. The Morgan fingerprint density at radius 2 is 1.78 bits per heavy atom. The first-order valence-corrected chi connectivity index (χ1v) is 10.7. The highest BCUT2D eigenvalue weighted by atomic mass is 32.1. The smallest absolute Gasteiger partial charge is 0.341 e. The van der Waals surface area contributed by atoms with Crippen molar-refractivity contribution in [2.75, 3.05) is 11.9 Å². The van der Waals surface area contributed by atoms with E-state index in [1.165, 1.54) is 11.3 Å². The van der Waals surface area contributed by atoms with Gasteiger partial charge in [0.25, 0.3) is 0 Å². The second-order valence-electron chi connectivity index (χ2n) is 7.29. The quantitative estimate of drug-likeness (QED) is 0.614. The van der Waals surface area contributed by atoms with Crippen LogP contribution in [0.3, 0.4) is 0 Å². The third-order valence-corrected chi connectivity index (χ3v) is 6.75. The molecule has 1 aromatic rings. The molecule has 7 heteroatoms. The normalized spacial score (nSPS) is 22.4. The second-order valence-corrected chi connectivity index (χ2v) is 8.40. The predicted molar refractivity (Wildman–Crippen MR) is 101 cm³/mol. The summed E-state index contributed by atoms with van der Waals surface area (Å²) in [6.07, 6.45) is 7.53. The van der Waals surface area contributed by atoms with Crippen molar-refractivity contribution in [3.05, 3.63) is 16.0 Å². The number of hydrogen-bond acceptors (Lipinski definition) is 6. The van der Waals surface area contributed by atoms with Crippen LogP contribution in [0, 0.1) is 11.8 Å². The van der Waals surface area contributed by atoms with Crippen molar-refractivity contribution in [3.8, 4) is 0 Å². The highest BCUT2D eigenvalue weighted by Gasteiger charge is 2.34. The van der Waals surface area contributed by atoms with E-state index >= 15 is 0 Å². The molecular formula is C20H26NO5S-. The summed E-state index contributed by atoms with van der Waals surface area (Å²) in [5, 5.41) is 14.8. The number of carboxylic acids is 1. The van der Waals surface area contributed by atoms with Gasteiger partial charge in [-0.15, -0.1) is 11.3 Å². The Morgan fingerprint density at radius 1 is 1.07 bits per heavy atom. The number of hydrogen-bond donors (Lipinski definition) is 1. The number of carbonyl (C=O) groups is 3. The van der Waals surface area contributed by atoms with E-state index in [9.17, 15) is 19.5 Å². The van der Waals surface area contributed by atoms with Crippen molar-refractivity contribution >= 4 is 34.2 Å². The van der Waals surface area contributed by atoms with Gasteiger partial charge in [0.1, 0.15) is 5.00 Å². The fraction of sp³-hybridized carbons (Fsp3) is 0.650. The molecule has 0 aromatic carbocycles. The van der Waals surface area contributed by atoms with Crippen LogP contribution in [0.2, 0.25) is 0 Å². The van der Waals surface area contributed by atoms with Gasteiger partial charge in [0, 0.05) is 22.7 Å². The van der Waals surface area contributed by atoms with Crippen molar-refractivity contribution in [1.29, 1.82) is 0 Å². The largest absolute Gasteiger partial charge is 0.550 e. The molecule has 0 spiro atoms. The molecule has 0 unspecified atom stereocenters. The minimum atomic E-state index is -1.16. The topological polar surface area (TPSA) is 95.5 Å². The number of aryl methyl sites for hydroxylation is 1. The molecule has 0 radical (unpaired) electrons. The lowest BCUT2D eigenvalue weighted by Crippen LogP contribution is -2.42. The van der Waals surface area contributed by atoms with Crippen LogP contribution in [-0.4, -0.2) is 24.5 Å². The van der Waals surface area contributed by atoms with Crippen molar-refractivity contribution < 1.29 is 24.2 Å². The predicted octanol–water partition coefficient (Wildman–Crippen LogP) is 2.69. The van der Waals surface area contributed by atoms with E-state index in [1.54, 1.807) is 6.92 Å². The lowest BCUT2D eigenvalue weighted by atomic mass is 9.79. The van der Waals surface area contributed by atoms with Crippen molar-refractivity contribution in [2.45, 2.75) is 64.7 Å². The van der Waals surface area contributed by atoms with Gasteiger partial charge in [0.15, 0.2) is 0 Å². The van der Waals surface area contributed by atoms with Crippen molar-refractivity contribution in [1.82, 2.24) is 0 Å². The zero-order chi connectivity index (χ0) is 19.4. The summed E-state index contributed by atoms with van der Waals surface area (Å²) < 4.78 is 5.23. The molecule has 3 rings (SSSR count). The van der Waals surface area contributed by atoms with Crippen molar-refractivity contribution in [3.63, 3.8) is 0 Å². The fourth-order valence-electron chi connectivity index (χ4n) is 4.18. The molecule has 0 saturated heterocycles. The molecule has 1 heterocycles. The minimum absolute atomic E-state index is 0.270. The standard InChI is InChI=1S/C20H27NO5S/c1-2-26-20(25)16-14-10-4-3-5-11-15(14)27-18(16)21-17(22)12-8-6-7-9-13(12)19(23)24/h12-13H,2-11H2,1H3,(H,21,22)(H,23,24)/p-1/t12-,13+/m1/s1. The number of anilines is 1. The number of rotatable bonds is 5. The first-order valence-electron chi connectivity index (χ1n) is 9.86. The highest BCUT2D eigenvalue weighted by Crippen LogP contribution is 2.39. The Morgan fingerprint density at radius 3 is 2.48 bits per heavy atom.